The molecule has 0 aromatic carbocycles. The van der Waals surface area contributed by atoms with Crippen LogP contribution in [0.3, 0.4) is 0 Å². The molecule has 4 aliphatic carbocycles. The summed E-state index contributed by atoms with van der Waals surface area (Å²) < 4.78 is 6.46. The summed E-state index contributed by atoms with van der Waals surface area (Å²) in [5.41, 5.74) is 1.19. The van der Waals surface area contributed by atoms with Crippen molar-refractivity contribution in [2.45, 2.75) is 75.7 Å². The summed E-state index contributed by atoms with van der Waals surface area (Å²) in [4.78, 5) is 1.30. The average Bonchev–Trinajstić information content (AvgIpc) is 2.72. The van der Waals surface area contributed by atoms with Gasteiger partial charge in [0.2, 0.25) is 0 Å². The van der Waals surface area contributed by atoms with Crippen LogP contribution in [-0.4, -0.2) is 23.3 Å². The predicted octanol–water partition coefficient (Wildman–Crippen LogP) is 5.84. The lowest BCUT2D eigenvalue weighted by Crippen LogP contribution is -2.35. The van der Waals surface area contributed by atoms with Crippen molar-refractivity contribution in [2.24, 2.45) is 29.6 Å². The third kappa shape index (κ3) is 3.72. The third-order valence-electron chi connectivity index (χ3n) is 7.88. The standard InChI is InChI=1S/C24H34O2S/c25-24-22-11-4-3-10-20(22)21-13-12-18(14-23(21)27-24)26-15-17-8-5-7-16-6-1-2-9-19(16)17/h4,11,13-14,16-20,22,24-25H,1-3,5-10,12,15H2/t16?,17-,18?,19?,20?,22?,24?/m1/s1. The molecule has 0 bridgehead atoms. The van der Waals surface area contributed by atoms with Crippen LogP contribution in [0.5, 0.6) is 0 Å². The average molecular weight is 387 g/mol. The predicted molar refractivity (Wildman–Crippen MR) is 112 cm³/mol. The maximum Gasteiger partial charge on any atom is 0.111 e. The Labute approximate surface area is 168 Å². The van der Waals surface area contributed by atoms with Gasteiger partial charge in [-0.1, -0.05) is 62.1 Å². The highest BCUT2D eigenvalue weighted by atomic mass is 32.2. The van der Waals surface area contributed by atoms with Crippen molar-refractivity contribution in [3.8, 4) is 0 Å². The molecule has 3 heteroatoms. The lowest BCUT2D eigenvalue weighted by molar-refractivity contribution is -0.000599. The zero-order valence-electron chi connectivity index (χ0n) is 16.4. The molecule has 1 saturated heterocycles. The first-order valence-corrected chi connectivity index (χ1v) is 12.2. The third-order valence-corrected chi connectivity index (χ3v) is 9.06. The molecule has 0 radical (unpaired) electrons. The smallest absolute Gasteiger partial charge is 0.111 e. The summed E-state index contributed by atoms with van der Waals surface area (Å²) in [6, 6.07) is 0. The number of fused-ring (bicyclic) bond motifs is 4. The number of rotatable bonds is 3. The van der Waals surface area contributed by atoms with Crippen LogP contribution >= 0.6 is 11.8 Å². The Kier molecular flexibility index (Phi) is 5.54. The number of ether oxygens (including phenoxy) is 1. The summed E-state index contributed by atoms with van der Waals surface area (Å²) in [5.74, 6) is 3.51. The van der Waals surface area contributed by atoms with E-state index in [1.165, 1.54) is 61.8 Å². The molecule has 1 aliphatic heterocycles. The number of aliphatic hydroxyl groups excluding tert-OH is 1. The Hall–Kier alpha value is -0.510. The van der Waals surface area contributed by atoms with Gasteiger partial charge in [0, 0.05) is 10.8 Å². The van der Waals surface area contributed by atoms with E-state index in [1.54, 1.807) is 11.8 Å². The molecule has 6 unspecified atom stereocenters. The van der Waals surface area contributed by atoms with Crippen LogP contribution < -0.4 is 0 Å². The van der Waals surface area contributed by atoms with Crippen molar-refractivity contribution < 1.29 is 9.84 Å². The minimum absolute atomic E-state index is 0.211. The first-order valence-electron chi connectivity index (χ1n) is 11.3. The molecule has 148 valence electrons. The van der Waals surface area contributed by atoms with Gasteiger partial charge in [-0.05, 0) is 67.4 Å². The normalized spacial score (nSPS) is 43.8. The molecule has 0 amide bonds. The van der Waals surface area contributed by atoms with Crippen molar-refractivity contribution in [2.75, 3.05) is 6.61 Å². The van der Waals surface area contributed by atoms with E-state index in [1.807, 2.05) is 0 Å². The summed E-state index contributed by atoms with van der Waals surface area (Å²) in [6.07, 6.45) is 22.8. The van der Waals surface area contributed by atoms with Crippen LogP contribution in [0, 0.1) is 29.6 Å². The fourth-order valence-electron chi connectivity index (χ4n) is 6.48. The highest BCUT2D eigenvalue weighted by molar-refractivity contribution is 8.03. The van der Waals surface area contributed by atoms with Gasteiger partial charge in [-0.25, -0.2) is 0 Å². The molecular formula is C24H34O2S. The van der Waals surface area contributed by atoms with Crippen LogP contribution in [0.15, 0.2) is 34.8 Å². The lowest BCUT2D eigenvalue weighted by atomic mass is 9.66. The van der Waals surface area contributed by atoms with Crippen molar-refractivity contribution in [1.82, 2.24) is 0 Å². The maximum absolute atomic E-state index is 10.6. The molecule has 1 N–H and O–H groups in total. The molecule has 2 nitrogen and oxygen atoms in total. The molecule has 0 aromatic heterocycles. The van der Waals surface area contributed by atoms with Crippen LogP contribution in [0.2, 0.25) is 0 Å². The Morgan fingerprint density at radius 3 is 2.93 bits per heavy atom. The topological polar surface area (TPSA) is 29.5 Å². The molecule has 0 spiro atoms. The Balaban J connectivity index is 1.22. The Morgan fingerprint density at radius 2 is 1.96 bits per heavy atom. The summed E-state index contributed by atoms with van der Waals surface area (Å²) in [6.45, 7) is 0.945. The molecule has 1 heterocycles. The van der Waals surface area contributed by atoms with E-state index in [0.717, 1.165) is 37.2 Å². The summed E-state index contributed by atoms with van der Waals surface area (Å²) in [5, 5.41) is 10.6. The van der Waals surface area contributed by atoms with Crippen molar-refractivity contribution in [3.05, 3.63) is 34.8 Å². The highest BCUT2D eigenvalue weighted by Crippen LogP contribution is 2.50. The first-order chi connectivity index (χ1) is 13.3. The van der Waals surface area contributed by atoms with Gasteiger partial charge in [0.25, 0.3) is 0 Å². The second kappa shape index (κ2) is 8.08. The molecular weight excluding hydrogens is 352 g/mol. The SMILES string of the molecule is OC1SC2=CC(OC[C@H]3CCCC4CCCCC43)CC=C2C2CCC=CC12. The molecule has 2 saturated carbocycles. The number of allylic oxidation sites excluding steroid dienone is 2. The monoisotopic (exact) mass is 386 g/mol. The van der Waals surface area contributed by atoms with Crippen molar-refractivity contribution >= 4 is 11.8 Å². The Bertz CT molecular complexity index is 634. The molecule has 5 rings (SSSR count). The Morgan fingerprint density at radius 1 is 1.07 bits per heavy atom. The van der Waals surface area contributed by atoms with Crippen LogP contribution in [0.1, 0.15) is 64.2 Å². The second-order valence-corrected chi connectivity index (χ2v) is 10.6. The van der Waals surface area contributed by atoms with Gasteiger partial charge in [0.05, 0.1) is 12.7 Å². The van der Waals surface area contributed by atoms with E-state index in [2.05, 4.69) is 24.3 Å². The minimum atomic E-state index is -0.296. The first kappa shape index (κ1) is 18.5. The fourth-order valence-corrected chi connectivity index (χ4v) is 7.78. The quantitative estimate of drug-likeness (QED) is 0.618. The van der Waals surface area contributed by atoms with Crippen LogP contribution in [0.25, 0.3) is 0 Å². The van der Waals surface area contributed by atoms with Gasteiger partial charge >= 0.3 is 0 Å². The molecule has 27 heavy (non-hydrogen) atoms. The fraction of sp³-hybridized carbons (Fsp3) is 0.750. The van der Waals surface area contributed by atoms with Crippen molar-refractivity contribution in [1.29, 1.82) is 0 Å². The van der Waals surface area contributed by atoms with E-state index < -0.39 is 0 Å². The molecule has 5 aliphatic rings. The zero-order valence-corrected chi connectivity index (χ0v) is 17.2. The zero-order chi connectivity index (χ0) is 18.2. The number of hydrogen-bond acceptors (Lipinski definition) is 3. The van der Waals surface area contributed by atoms with Gasteiger partial charge in [-0.3, -0.25) is 0 Å². The van der Waals surface area contributed by atoms with Crippen LogP contribution in [0.4, 0.5) is 0 Å². The van der Waals surface area contributed by atoms with E-state index >= 15 is 0 Å². The highest BCUT2D eigenvalue weighted by Gasteiger charge is 2.39. The van der Waals surface area contributed by atoms with Crippen molar-refractivity contribution in [3.63, 3.8) is 0 Å². The number of thioether (sulfide) groups is 1. The number of aliphatic hydroxyl groups is 1. The molecule has 7 atom stereocenters. The summed E-state index contributed by atoms with van der Waals surface area (Å²) in [7, 11) is 0. The molecule has 0 aromatic rings. The van der Waals surface area contributed by atoms with Crippen LogP contribution in [-0.2, 0) is 4.74 Å². The molecule has 3 fully saturated rings. The van der Waals surface area contributed by atoms with E-state index in [4.69, 9.17) is 4.74 Å². The van der Waals surface area contributed by atoms with Gasteiger partial charge in [0.1, 0.15) is 5.44 Å². The van der Waals surface area contributed by atoms with E-state index in [0.29, 0.717) is 11.8 Å². The lowest BCUT2D eigenvalue weighted by Gasteiger charge is -2.42. The van der Waals surface area contributed by atoms with Gasteiger partial charge in [-0.2, -0.15) is 0 Å². The van der Waals surface area contributed by atoms with E-state index in [-0.39, 0.29) is 11.5 Å². The van der Waals surface area contributed by atoms with Gasteiger partial charge in [-0.15, -0.1) is 0 Å². The largest absolute Gasteiger partial charge is 0.381 e. The minimum Gasteiger partial charge on any atom is -0.381 e. The maximum atomic E-state index is 10.6. The van der Waals surface area contributed by atoms with Gasteiger partial charge in [0.15, 0.2) is 0 Å². The number of hydrogen-bond donors (Lipinski definition) is 1. The summed E-state index contributed by atoms with van der Waals surface area (Å²) >= 11 is 1.66. The van der Waals surface area contributed by atoms with E-state index in [9.17, 15) is 5.11 Å². The second-order valence-electron chi connectivity index (χ2n) is 9.40. The van der Waals surface area contributed by atoms with Gasteiger partial charge < -0.3 is 9.84 Å².